The molecule has 2 heterocycles. The Morgan fingerprint density at radius 3 is 2.65 bits per heavy atom. The number of sulfonamides is 1. The Morgan fingerprint density at radius 2 is 2.10 bits per heavy atom. The van der Waals surface area contributed by atoms with Crippen LogP contribution in [-0.2, 0) is 17.1 Å². The normalized spacial score (nSPS) is 18.5. The molecule has 0 atom stereocenters. The highest BCUT2D eigenvalue weighted by molar-refractivity contribution is 7.89. The topological polar surface area (TPSA) is 67.2 Å². The second-order valence-corrected chi connectivity index (χ2v) is 7.23. The predicted molar refractivity (Wildman–Crippen MR) is 77.9 cm³/mol. The van der Waals surface area contributed by atoms with Crippen molar-refractivity contribution in [2.45, 2.75) is 31.2 Å². The van der Waals surface area contributed by atoms with E-state index >= 15 is 0 Å². The van der Waals surface area contributed by atoms with Crippen LogP contribution in [0.3, 0.4) is 0 Å². The zero-order valence-electron chi connectivity index (χ0n) is 12.2. The van der Waals surface area contributed by atoms with Gasteiger partial charge in [0.05, 0.1) is 6.20 Å². The van der Waals surface area contributed by atoms with E-state index < -0.39 is 10.0 Å². The Bertz CT molecular complexity index is 518. The molecule has 1 fully saturated rings. The van der Waals surface area contributed by atoms with Crippen molar-refractivity contribution in [3.63, 3.8) is 0 Å². The number of rotatable bonds is 6. The molecule has 0 unspecified atom stereocenters. The highest BCUT2D eigenvalue weighted by Gasteiger charge is 2.30. The van der Waals surface area contributed by atoms with Crippen LogP contribution >= 0.6 is 0 Å². The molecule has 1 aliphatic rings. The lowest BCUT2D eigenvalue weighted by atomic mass is 9.98. The first-order valence-corrected chi connectivity index (χ1v) is 8.68. The summed E-state index contributed by atoms with van der Waals surface area (Å²) in [5.74, 6) is 0.583. The van der Waals surface area contributed by atoms with Gasteiger partial charge in [0.2, 0.25) is 0 Å². The largest absolute Gasteiger partial charge is 0.316 e. The van der Waals surface area contributed by atoms with Gasteiger partial charge in [-0.2, -0.15) is 9.40 Å². The standard InChI is InChI=1S/C13H24N4O2S/c1-3-7-14-11-12-5-9-17(10-6-12)20(18,19)13-4-8-15-16(13)2/h4,8,12,14H,3,5-7,9-11H2,1-2H3. The van der Waals surface area contributed by atoms with Gasteiger partial charge in [-0.05, 0) is 44.3 Å². The Kier molecular flexibility index (Phi) is 5.17. The van der Waals surface area contributed by atoms with Crippen LogP contribution in [0.4, 0.5) is 0 Å². The monoisotopic (exact) mass is 300 g/mol. The van der Waals surface area contributed by atoms with E-state index in [-0.39, 0.29) is 5.03 Å². The number of hydrogen-bond acceptors (Lipinski definition) is 4. The van der Waals surface area contributed by atoms with Crippen LogP contribution in [0, 0.1) is 5.92 Å². The Balaban J connectivity index is 1.92. The van der Waals surface area contributed by atoms with E-state index in [2.05, 4.69) is 17.3 Å². The van der Waals surface area contributed by atoms with Gasteiger partial charge >= 0.3 is 0 Å². The summed E-state index contributed by atoms with van der Waals surface area (Å²) in [6.45, 7) is 5.38. The molecule has 0 aromatic carbocycles. The number of aromatic nitrogens is 2. The minimum atomic E-state index is -3.38. The van der Waals surface area contributed by atoms with E-state index in [1.165, 1.54) is 10.9 Å². The number of nitrogens with zero attached hydrogens (tertiary/aromatic N) is 3. The fourth-order valence-corrected chi connectivity index (χ4v) is 4.15. The smallest absolute Gasteiger partial charge is 0.260 e. The molecule has 1 aromatic rings. The third kappa shape index (κ3) is 3.39. The maximum Gasteiger partial charge on any atom is 0.260 e. The van der Waals surface area contributed by atoms with E-state index in [1.54, 1.807) is 17.4 Å². The van der Waals surface area contributed by atoms with E-state index in [1.807, 2.05) is 0 Å². The maximum atomic E-state index is 12.5. The van der Waals surface area contributed by atoms with Gasteiger partial charge in [-0.1, -0.05) is 6.92 Å². The average Bonchev–Trinajstić information content (AvgIpc) is 2.87. The molecule has 0 saturated carbocycles. The molecular formula is C13H24N4O2S. The third-order valence-corrected chi connectivity index (χ3v) is 5.79. The van der Waals surface area contributed by atoms with Crippen molar-refractivity contribution in [2.24, 2.45) is 13.0 Å². The van der Waals surface area contributed by atoms with Crippen LogP contribution in [0.5, 0.6) is 0 Å². The molecule has 0 spiro atoms. The van der Waals surface area contributed by atoms with Gasteiger partial charge in [0.15, 0.2) is 5.03 Å². The molecule has 2 rings (SSSR count). The molecular weight excluding hydrogens is 276 g/mol. The van der Waals surface area contributed by atoms with Crippen molar-refractivity contribution in [2.75, 3.05) is 26.2 Å². The molecule has 7 heteroatoms. The zero-order valence-corrected chi connectivity index (χ0v) is 13.1. The van der Waals surface area contributed by atoms with Crippen molar-refractivity contribution >= 4 is 10.0 Å². The summed E-state index contributed by atoms with van der Waals surface area (Å²) < 4.78 is 28.0. The molecule has 0 bridgehead atoms. The summed E-state index contributed by atoms with van der Waals surface area (Å²) in [4.78, 5) is 0. The zero-order chi connectivity index (χ0) is 14.6. The molecule has 0 amide bonds. The van der Waals surface area contributed by atoms with E-state index in [4.69, 9.17) is 0 Å². The van der Waals surface area contributed by atoms with E-state index in [0.29, 0.717) is 19.0 Å². The van der Waals surface area contributed by atoms with Gasteiger partial charge < -0.3 is 5.32 Å². The second kappa shape index (κ2) is 6.69. The Hall–Kier alpha value is -0.920. The van der Waals surface area contributed by atoms with Crippen LogP contribution in [0.1, 0.15) is 26.2 Å². The van der Waals surface area contributed by atoms with Gasteiger partial charge in [0.25, 0.3) is 10.0 Å². The van der Waals surface area contributed by atoms with Crippen LogP contribution < -0.4 is 5.32 Å². The SMILES string of the molecule is CCCNCC1CCN(S(=O)(=O)c2ccnn2C)CC1. The first-order chi connectivity index (χ1) is 9.55. The lowest BCUT2D eigenvalue weighted by Gasteiger charge is -2.31. The van der Waals surface area contributed by atoms with Crippen LogP contribution in [0.15, 0.2) is 17.3 Å². The van der Waals surface area contributed by atoms with Crippen molar-refractivity contribution in [3.05, 3.63) is 12.3 Å². The summed E-state index contributed by atoms with van der Waals surface area (Å²) in [5, 5.41) is 7.63. The summed E-state index contributed by atoms with van der Waals surface area (Å²) in [6.07, 6.45) is 4.50. The first-order valence-electron chi connectivity index (χ1n) is 7.24. The number of nitrogens with one attached hydrogen (secondary N) is 1. The Morgan fingerprint density at radius 1 is 1.40 bits per heavy atom. The molecule has 6 nitrogen and oxygen atoms in total. The molecule has 1 saturated heterocycles. The minimum absolute atomic E-state index is 0.278. The fourth-order valence-electron chi connectivity index (χ4n) is 2.58. The molecule has 114 valence electrons. The molecule has 1 N–H and O–H groups in total. The van der Waals surface area contributed by atoms with Gasteiger partial charge in [-0.25, -0.2) is 8.42 Å². The fraction of sp³-hybridized carbons (Fsp3) is 0.769. The third-order valence-electron chi connectivity index (χ3n) is 3.81. The summed E-state index contributed by atoms with van der Waals surface area (Å²) >= 11 is 0. The molecule has 0 radical (unpaired) electrons. The molecule has 0 aliphatic carbocycles. The predicted octanol–water partition coefficient (Wildman–Crippen LogP) is 0.820. The van der Waals surface area contributed by atoms with Gasteiger partial charge in [0, 0.05) is 20.1 Å². The van der Waals surface area contributed by atoms with Gasteiger partial charge in [0.1, 0.15) is 0 Å². The second-order valence-electron chi connectivity index (χ2n) is 5.34. The lowest BCUT2D eigenvalue weighted by molar-refractivity contribution is 0.266. The first kappa shape index (κ1) is 15.5. The quantitative estimate of drug-likeness (QED) is 0.790. The van der Waals surface area contributed by atoms with E-state index in [0.717, 1.165) is 32.4 Å². The Labute approximate surface area is 121 Å². The highest BCUT2D eigenvalue weighted by Crippen LogP contribution is 2.22. The lowest BCUT2D eigenvalue weighted by Crippen LogP contribution is -2.41. The van der Waals surface area contributed by atoms with Crippen molar-refractivity contribution in [3.8, 4) is 0 Å². The van der Waals surface area contributed by atoms with Gasteiger partial charge in [-0.15, -0.1) is 0 Å². The summed E-state index contributed by atoms with van der Waals surface area (Å²) in [7, 11) is -1.72. The highest BCUT2D eigenvalue weighted by atomic mass is 32.2. The van der Waals surface area contributed by atoms with Crippen LogP contribution in [0.2, 0.25) is 0 Å². The van der Waals surface area contributed by atoms with Crippen LogP contribution in [-0.4, -0.2) is 48.7 Å². The number of piperidine rings is 1. The molecule has 1 aromatic heterocycles. The van der Waals surface area contributed by atoms with Crippen molar-refractivity contribution < 1.29 is 8.42 Å². The molecule has 1 aliphatic heterocycles. The van der Waals surface area contributed by atoms with Gasteiger partial charge in [-0.3, -0.25) is 4.68 Å². The minimum Gasteiger partial charge on any atom is -0.316 e. The van der Waals surface area contributed by atoms with E-state index in [9.17, 15) is 8.42 Å². The summed E-state index contributed by atoms with van der Waals surface area (Å²) in [6, 6.07) is 1.56. The maximum absolute atomic E-state index is 12.5. The number of aryl methyl sites for hydroxylation is 1. The molecule has 20 heavy (non-hydrogen) atoms. The van der Waals surface area contributed by atoms with Crippen molar-refractivity contribution in [1.82, 2.24) is 19.4 Å². The number of hydrogen-bond donors (Lipinski definition) is 1. The summed E-state index contributed by atoms with van der Waals surface area (Å²) in [5.41, 5.74) is 0. The van der Waals surface area contributed by atoms with Crippen molar-refractivity contribution in [1.29, 1.82) is 0 Å². The van der Waals surface area contributed by atoms with Crippen LogP contribution in [0.25, 0.3) is 0 Å². The average molecular weight is 300 g/mol.